The highest BCUT2D eigenvalue weighted by atomic mass is 16.5. The molecule has 2 N–H and O–H groups in total. The topological polar surface area (TPSA) is 38.5 Å². The predicted molar refractivity (Wildman–Crippen MR) is 76.6 cm³/mol. The van der Waals surface area contributed by atoms with E-state index in [2.05, 4.69) is 43.0 Å². The van der Waals surface area contributed by atoms with Crippen LogP contribution in [0.5, 0.6) is 0 Å². The van der Waals surface area contributed by atoms with Crippen LogP contribution in [0.1, 0.15) is 25.0 Å². The fourth-order valence-electron chi connectivity index (χ4n) is 2.30. The van der Waals surface area contributed by atoms with Crippen molar-refractivity contribution in [3.63, 3.8) is 0 Å². The third-order valence-electron chi connectivity index (χ3n) is 3.44. The smallest absolute Gasteiger partial charge is 0.0615 e. The monoisotopic (exact) mass is 250 g/mol. The summed E-state index contributed by atoms with van der Waals surface area (Å²) in [4.78, 5) is 2.44. The van der Waals surface area contributed by atoms with Gasteiger partial charge in [-0.25, -0.2) is 0 Å². The molecule has 0 saturated heterocycles. The summed E-state index contributed by atoms with van der Waals surface area (Å²) in [5.41, 5.74) is 8.38. The van der Waals surface area contributed by atoms with Crippen LogP contribution in [0.25, 0.3) is 0 Å². The van der Waals surface area contributed by atoms with Crippen LogP contribution < -0.4 is 5.73 Å². The minimum absolute atomic E-state index is 0.463. The van der Waals surface area contributed by atoms with Gasteiger partial charge in [-0.15, -0.1) is 0 Å². The largest absolute Gasteiger partial charge is 0.383 e. The number of benzene rings is 1. The summed E-state index contributed by atoms with van der Waals surface area (Å²) >= 11 is 0. The van der Waals surface area contributed by atoms with Crippen LogP contribution in [0, 0.1) is 0 Å². The van der Waals surface area contributed by atoms with E-state index in [4.69, 9.17) is 10.5 Å². The van der Waals surface area contributed by atoms with E-state index in [1.165, 1.54) is 11.1 Å². The van der Waals surface area contributed by atoms with Gasteiger partial charge in [0.25, 0.3) is 0 Å². The van der Waals surface area contributed by atoms with Crippen LogP contribution in [0.3, 0.4) is 0 Å². The van der Waals surface area contributed by atoms with Crippen molar-refractivity contribution in [2.24, 2.45) is 5.73 Å². The standard InChI is InChI=1S/C15H26N2O/c1-4-17(13(2)12-18-3)10-9-14-7-5-6-8-15(14)11-16/h5-8,13H,4,9-12,16H2,1-3H3. The molecule has 18 heavy (non-hydrogen) atoms. The highest BCUT2D eigenvalue weighted by molar-refractivity contribution is 5.27. The summed E-state index contributed by atoms with van der Waals surface area (Å²) in [6.45, 7) is 7.92. The van der Waals surface area contributed by atoms with E-state index in [0.717, 1.165) is 26.1 Å². The molecule has 0 radical (unpaired) electrons. The molecular weight excluding hydrogens is 224 g/mol. The number of rotatable bonds is 8. The highest BCUT2D eigenvalue weighted by Crippen LogP contribution is 2.10. The van der Waals surface area contributed by atoms with E-state index in [0.29, 0.717) is 12.6 Å². The first-order valence-corrected chi connectivity index (χ1v) is 6.72. The summed E-state index contributed by atoms with van der Waals surface area (Å²) < 4.78 is 5.22. The Kier molecular flexibility index (Phi) is 6.94. The van der Waals surface area contributed by atoms with Gasteiger partial charge in [0.1, 0.15) is 0 Å². The zero-order valence-corrected chi connectivity index (χ0v) is 11.9. The molecule has 0 spiro atoms. The van der Waals surface area contributed by atoms with Crippen molar-refractivity contribution in [2.45, 2.75) is 32.9 Å². The van der Waals surface area contributed by atoms with Gasteiger partial charge in [0.15, 0.2) is 0 Å². The van der Waals surface area contributed by atoms with Gasteiger partial charge in [-0.3, -0.25) is 4.90 Å². The molecule has 3 heteroatoms. The average molecular weight is 250 g/mol. The van der Waals surface area contributed by atoms with Crippen molar-refractivity contribution >= 4 is 0 Å². The van der Waals surface area contributed by atoms with E-state index in [9.17, 15) is 0 Å². The van der Waals surface area contributed by atoms with E-state index in [1.54, 1.807) is 7.11 Å². The second-order valence-electron chi connectivity index (χ2n) is 4.66. The van der Waals surface area contributed by atoms with E-state index in [-0.39, 0.29) is 0 Å². The fraction of sp³-hybridized carbons (Fsp3) is 0.600. The van der Waals surface area contributed by atoms with Crippen molar-refractivity contribution in [1.29, 1.82) is 0 Å². The molecule has 0 aromatic heterocycles. The lowest BCUT2D eigenvalue weighted by Gasteiger charge is -2.27. The molecule has 0 bridgehead atoms. The molecular formula is C15H26N2O. The number of hydrogen-bond donors (Lipinski definition) is 1. The first-order valence-electron chi connectivity index (χ1n) is 6.72. The first kappa shape index (κ1) is 15.2. The van der Waals surface area contributed by atoms with Crippen molar-refractivity contribution in [3.8, 4) is 0 Å². The lowest BCUT2D eigenvalue weighted by molar-refractivity contribution is 0.103. The van der Waals surface area contributed by atoms with Crippen LogP contribution in [0.4, 0.5) is 0 Å². The maximum atomic E-state index is 5.76. The second-order valence-corrected chi connectivity index (χ2v) is 4.66. The Hall–Kier alpha value is -0.900. The minimum atomic E-state index is 0.463. The van der Waals surface area contributed by atoms with Gasteiger partial charge in [0.2, 0.25) is 0 Å². The molecule has 3 nitrogen and oxygen atoms in total. The molecule has 1 unspecified atom stereocenters. The number of methoxy groups -OCH3 is 1. The molecule has 0 aliphatic rings. The summed E-state index contributed by atoms with van der Waals surface area (Å²) in [6.07, 6.45) is 1.05. The molecule has 0 saturated carbocycles. The second kappa shape index (κ2) is 8.25. The van der Waals surface area contributed by atoms with Crippen molar-refractivity contribution < 1.29 is 4.74 Å². The number of hydrogen-bond acceptors (Lipinski definition) is 3. The van der Waals surface area contributed by atoms with Gasteiger partial charge in [-0.05, 0) is 31.0 Å². The Morgan fingerprint density at radius 2 is 1.94 bits per heavy atom. The maximum Gasteiger partial charge on any atom is 0.0615 e. The van der Waals surface area contributed by atoms with Gasteiger partial charge in [-0.2, -0.15) is 0 Å². The van der Waals surface area contributed by atoms with Crippen molar-refractivity contribution in [1.82, 2.24) is 4.90 Å². The van der Waals surface area contributed by atoms with Crippen molar-refractivity contribution in [2.75, 3.05) is 26.8 Å². The van der Waals surface area contributed by atoms with Gasteiger partial charge in [0.05, 0.1) is 6.61 Å². The van der Waals surface area contributed by atoms with Crippen LogP contribution >= 0.6 is 0 Å². The zero-order chi connectivity index (χ0) is 13.4. The summed E-state index contributed by atoms with van der Waals surface area (Å²) in [5.74, 6) is 0. The van der Waals surface area contributed by atoms with Crippen molar-refractivity contribution in [3.05, 3.63) is 35.4 Å². The molecule has 0 aliphatic heterocycles. The summed E-state index contributed by atoms with van der Waals surface area (Å²) in [7, 11) is 1.76. The van der Waals surface area contributed by atoms with Gasteiger partial charge >= 0.3 is 0 Å². The molecule has 0 heterocycles. The fourth-order valence-corrected chi connectivity index (χ4v) is 2.30. The van der Waals surface area contributed by atoms with Crippen LogP contribution in [0.2, 0.25) is 0 Å². The molecule has 102 valence electrons. The van der Waals surface area contributed by atoms with Crippen LogP contribution in [-0.2, 0) is 17.7 Å². The Labute approximate surface area is 111 Å². The molecule has 0 amide bonds. The predicted octanol–water partition coefficient (Wildman–Crippen LogP) is 2.04. The Morgan fingerprint density at radius 3 is 2.50 bits per heavy atom. The first-order chi connectivity index (χ1) is 8.72. The van der Waals surface area contributed by atoms with E-state index >= 15 is 0 Å². The Morgan fingerprint density at radius 1 is 1.28 bits per heavy atom. The molecule has 0 aliphatic carbocycles. The van der Waals surface area contributed by atoms with E-state index in [1.807, 2.05) is 0 Å². The third-order valence-corrected chi connectivity index (χ3v) is 3.44. The molecule has 1 rings (SSSR count). The highest BCUT2D eigenvalue weighted by Gasteiger charge is 2.12. The van der Waals surface area contributed by atoms with Gasteiger partial charge in [-0.1, -0.05) is 31.2 Å². The number of likely N-dealkylation sites (N-methyl/N-ethyl adjacent to an activating group) is 1. The SMILES string of the molecule is CCN(CCc1ccccc1CN)C(C)COC. The lowest BCUT2D eigenvalue weighted by atomic mass is 10.0. The quantitative estimate of drug-likeness (QED) is 0.767. The van der Waals surface area contributed by atoms with Gasteiger partial charge < -0.3 is 10.5 Å². The number of nitrogens with zero attached hydrogens (tertiary/aromatic N) is 1. The zero-order valence-electron chi connectivity index (χ0n) is 11.9. The Bertz CT molecular complexity index is 341. The summed E-state index contributed by atoms with van der Waals surface area (Å²) in [5, 5.41) is 0. The normalized spacial score (nSPS) is 12.9. The molecule has 1 atom stereocenters. The third kappa shape index (κ3) is 4.41. The Balaban J connectivity index is 2.56. The lowest BCUT2D eigenvalue weighted by Crippen LogP contribution is -2.37. The number of ether oxygens (including phenoxy) is 1. The summed E-state index contributed by atoms with van der Waals surface area (Å²) in [6, 6.07) is 8.89. The van der Waals surface area contributed by atoms with Crippen LogP contribution in [0.15, 0.2) is 24.3 Å². The maximum absolute atomic E-state index is 5.76. The molecule has 1 aromatic carbocycles. The number of nitrogens with two attached hydrogens (primary N) is 1. The molecule has 1 aromatic rings. The van der Waals surface area contributed by atoms with Crippen LogP contribution in [-0.4, -0.2) is 37.7 Å². The van der Waals surface area contributed by atoms with E-state index < -0.39 is 0 Å². The average Bonchev–Trinajstić information content (AvgIpc) is 2.40. The molecule has 0 fully saturated rings. The minimum Gasteiger partial charge on any atom is -0.383 e. The van der Waals surface area contributed by atoms with Gasteiger partial charge in [0, 0.05) is 26.2 Å².